The number of anilines is 1. The lowest BCUT2D eigenvalue weighted by atomic mass is 10.1. The van der Waals surface area contributed by atoms with Crippen molar-refractivity contribution in [3.63, 3.8) is 0 Å². The highest BCUT2D eigenvalue weighted by Gasteiger charge is 2.14. The molecule has 0 saturated heterocycles. The summed E-state index contributed by atoms with van der Waals surface area (Å²) in [5.74, 6) is -0.699. The molecule has 1 aromatic heterocycles. The van der Waals surface area contributed by atoms with Gasteiger partial charge in [-0.15, -0.1) is 0 Å². The lowest BCUT2D eigenvalue weighted by Crippen LogP contribution is -2.15. The Morgan fingerprint density at radius 3 is 2.70 bits per heavy atom. The number of halogens is 2. The molecule has 0 aliphatic heterocycles. The summed E-state index contributed by atoms with van der Waals surface area (Å²) in [4.78, 5) is 12.0. The van der Waals surface area contributed by atoms with Crippen LogP contribution < -0.4 is 5.32 Å². The summed E-state index contributed by atoms with van der Waals surface area (Å²) in [6.45, 7) is 3.78. The highest BCUT2D eigenvalue weighted by molar-refractivity contribution is 6.31. The molecule has 2 aromatic rings. The van der Waals surface area contributed by atoms with Gasteiger partial charge in [-0.3, -0.25) is 9.48 Å². The summed E-state index contributed by atoms with van der Waals surface area (Å²) in [6, 6.07) is 4.08. The van der Waals surface area contributed by atoms with Crippen molar-refractivity contribution in [2.75, 3.05) is 5.32 Å². The zero-order valence-electron chi connectivity index (χ0n) is 11.5. The first-order chi connectivity index (χ1) is 9.38. The lowest BCUT2D eigenvalue weighted by molar-refractivity contribution is -0.115. The first kappa shape index (κ1) is 14.5. The number of carbonyl (C=O) groups excluding carboxylic acids is 1. The monoisotopic (exact) mass is 295 g/mol. The van der Waals surface area contributed by atoms with Gasteiger partial charge in [0.05, 0.1) is 17.1 Å². The first-order valence-electron chi connectivity index (χ1n) is 6.12. The average Bonchev–Trinajstić information content (AvgIpc) is 2.61. The fourth-order valence-corrected chi connectivity index (χ4v) is 2.19. The minimum absolute atomic E-state index is 0.0171. The number of carbonyl (C=O) groups is 1. The third kappa shape index (κ3) is 2.99. The largest absolute Gasteiger partial charge is 0.326 e. The van der Waals surface area contributed by atoms with Gasteiger partial charge < -0.3 is 5.32 Å². The first-order valence-corrected chi connectivity index (χ1v) is 6.50. The minimum Gasteiger partial charge on any atom is -0.326 e. The van der Waals surface area contributed by atoms with Crippen molar-refractivity contribution >= 4 is 23.2 Å². The standard InChI is InChI=1S/C14H15ClFN3O/c1-8-11(9(2)19(3)18-8)7-14(20)17-10-4-5-13(16)12(15)6-10/h4-6H,7H2,1-3H3,(H,17,20). The summed E-state index contributed by atoms with van der Waals surface area (Å²) in [5.41, 5.74) is 3.16. The van der Waals surface area contributed by atoms with Crippen LogP contribution in [0.1, 0.15) is 17.0 Å². The van der Waals surface area contributed by atoms with E-state index in [1.165, 1.54) is 18.2 Å². The van der Waals surface area contributed by atoms with Crippen LogP contribution in [0.2, 0.25) is 5.02 Å². The second-order valence-corrected chi connectivity index (χ2v) is 5.03. The number of aryl methyl sites for hydroxylation is 2. The van der Waals surface area contributed by atoms with E-state index in [2.05, 4.69) is 10.4 Å². The second kappa shape index (κ2) is 5.63. The van der Waals surface area contributed by atoms with Crippen molar-refractivity contribution in [2.24, 2.45) is 7.05 Å². The van der Waals surface area contributed by atoms with E-state index in [1.54, 1.807) is 4.68 Å². The van der Waals surface area contributed by atoms with Crippen LogP contribution in [0.25, 0.3) is 0 Å². The Bertz CT molecular complexity index is 667. The molecule has 0 fully saturated rings. The summed E-state index contributed by atoms with van der Waals surface area (Å²) in [5, 5.41) is 6.94. The molecule has 1 N–H and O–H groups in total. The maximum atomic E-state index is 13.0. The molecule has 1 aromatic carbocycles. The summed E-state index contributed by atoms with van der Waals surface area (Å²) < 4.78 is 14.8. The molecule has 1 heterocycles. The van der Waals surface area contributed by atoms with E-state index in [9.17, 15) is 9.18 Å². The van der Waals surface area contributed by atoms with E-state index in [-0.39, 0.29) is 17.4 Å². The molecule has 0 aliphatic rings. The van der Waals surface area contributed by atoms with Gasteiger partial charge in [0.1, 0.15) is 5.82 Å². The Hall–Kier alpha value is -1.88. The quantitative estimate of drug-likeness (QED) is 0.946. The van der Waals surface area contributed by atoms with Crippen LogP contribution in [-0.4, -0.2) is 15.7 Å². The predicted molar refractivity (Wildman–Crippen MR) is 76.4 cm³/mol. The number of hydrogen-bond acceptors (Lipinski definition) is 2. The highest BCUT2D eigenvalue weighted by atomic mass is 35.5. The number of benzene rings is 1. The predicted octanol–water partition coefficient (Wildman–Crippen LogP) is 3.01. The molecule has 0 bridgehead atoms. The average molecular weight is 296 g/mol. The Kier molecular flexibility index (Phi) is 4.09. The number of hydrogen-bond donors (Lipinski definition) is 1. The van der Waals surface area contributed by atoms with Gasteiger partial charge >= 0.3 is 0 Å². The van der Waals surface area contributed by atoms with E-state index in [0.717, 1.165) is 17.0 Å². The van der Waals surface area contributed by atoms with Crippen LogP contribution >= 0.6 is 11.6 Å². The van der Waals surface area contributed by atoms with E-state index in [0.29, 0.717) is 5.69 Å². The Morgan fingerprint density at radius 1 is 1.45 bits per heavy atom. The molecule has 0 atom stereocenters. The second-order valence-electron chi connectivity index (χ2n) is 4.63. The van der Waals surface area contributed by atoms with Crippen LogP contribution in [0.5, 0.6) is 0 Å². The summed E-state index contributed by atoms with van der Waals surface area (Å²) >= 11 is 5.67. The van der Waals surface area contributed by atoms with Crippen molar-refractivity contribution in [1.82, 2.24) is 9.78 Å². The SMILES string of the molecule is Cc1nn(C)c(C)c1CC(=O)Nc1ccc(F)c(Cl)c1. The maximum absolute atomic E-state index is 13.0. The molecule has 4 nitrogen and oxygen atoms in total. The summed E-state index contributed by atoms with van der Waals surface area (Å²) in [6.07, 6.45) is 0.223. The van der Waals surface area contributed by atoms with Crippen molar-refractivity contribution in [1.29, 1.82) is 0 Å². The van der Waals surface area contributed by atoms with Gasteiger partial charge in [-0.2, -0.15) is 5.10 Å². The Labute approximate surface area is 121 Å². The molecule has 2 rings (SSSR count). The zero-order valence-corrected chi connectivity index (χ0v) is 12.3. The summed E-state index contributed by atoms with van der Waals surface area (Å²) in [7, 11) is 1.84. The fourth-order valence-electron chi connectivity index (χ4n) is 2.01. The molecular formula is C14H15ClFN3O. The lowest BCUT2D eigenvalue weighted by Gasteiger charge is -2.06. The molecule has 20 heavy (non-hydrogen) atoms. The van der Waals surface area contributed by atoms with Crippen LogP contribution in [0.15, 0.2) is 18.2 Å². The van der Waals surface area contributed by atoms with E-state index >= 15 is 0 Å². The van der Waals surface area contributed by atoms with Crippen molar-refractivity contribution in [3.8, 4) is 0 Å². The third-order valence-corrected chi connectivity index (χ3v) is 3.49. The smallest absolute Gasteiger partial charge is 0.228 e. The molecule has 1 amide bonds. The van der Waals surface area contributed by atoms with Gasteiger partial charge in [0.25, 0.3) is 0 Å². The van der Waals surface area contributed by atoms with E-state index in [1.807, 2.05) is 20.9 Å². The van der Waals surface area contributed by atoms with Gasteiger partial charge in [0.15, 0.2) is 0 Å². The van der Waals surface area contributed by atoms with Crippen LogP contribution in [0.4, 0.5) is 10.1 Å². The van der Waals surface area contributed by atoms with Crippen molar-refractivity contribution in [2.45, 2.75) is 20.3 Å². The maximum Gasteiger partial charge on any atom is 0.228 e. The van der Waals surface area contributed by atoms with Crippen molar-refractivity contribution < 1.29 is 9.18 Å². The fraction of sp³-hybridized carbons (Fsp3) is 0.286. The number of amides is 1. The molecular weight excluding hydrogens is 281 g/mol. The molecule has 0 saturated carbocycles. The Balaban J connectivity index is 2.11. The van der Waals surface area contributed by atoms with Gasteiger partial charge in [-0.1, -0.05) is 11.6 Å². The number of rotatable bonds is 3. The van der Waals surface area contributed by atoms with Gasteiger partial charge in [-0.05, 0) is 32.0 Å². The normalized spacial score (nSPS) is 10.7. The molecule has 0 radical (unpaired) electrons. The third-order valence-electron chi connectivity index (χ3n) is 3.20. The highest BCUT2D eigenvalue weighted by Crippen LogP contribution is 2.20. The van der Waals surface area contributed by atoms with Gasteiger partial charge in [0.2, 0.25) is 5.91 Å². The minimum atomic E-state index is -0.511. The number of nitrogens with zero attached hydrogens (tertiary/aromatic N) is 2. The molecule has 106 valence electrons. The van der Waals surface area contributed by atoms with Crippen LogP contribution in [0, 0.1) is 19.7 Å². The van der Waals surface area contributed by atoms with E-state index < -0.39 is 5.82 Å². The Morgan fingerprint density at radius 2 is 2.15 bits per heavy atom. The molecule has 0 spiro atoms. The van der Waals surface area contributed by atoms with E-state index in [4.69, 9.17) is 11.6 Å². The van der Waals surface area contributed by atoms with Crippen LogP contribution in [-0.2, 0) is 18.3 Å². The zero-order chi connectivity index (χ0) is 14.9. The molecule has 0 aliphatic carbocycles. The van der Waals surface area contributed by atoms with Gasteiger partial charge in [0, 0.05) is 24.0 Å². The van der Waals surface area contributed by atoms with Crippen molar-refractivity contribution in [3.05, 3.63) is 46.0 Å². The number of nitrogens with one attached hydrogen (secondary N) is 1. The number of aromatic nitrogens is 2. The topological polar surface area (TPSA) is 46.9 Å². The van der Waals surface area contributed by atoms with Crippen LogP contribution in [0.3, 0.4) is 0 Å². The van der Waals surface area contributed by atoms with Gasteiger partial charge in [-0.25, -0.2) is 4.39 Å². The molecule has 0 unspecified atom stereocenters. The molecule has 6 heteroatoms.